The maximum absolute atomic E-state index is 12.8. The second-order valence-corrected chi connectivity index (χ2v) is 7.71. The van der Waals surface area contributed by atoms with E-state index in [1.54, 1.807) is 18.5 Å². The molecule has 0 spiro atoms. The number of rotatable bonds is 4. The Morgan fingerprint density at radius 2 is 2.00 bits per heavy atom. The average Bonchev–Trinajstić information content (AvgIpc) is 3.05. The van der Waals surface area contributed by atoms with E-state index in [2.05, 4.69) is 20.1 Å². The van der Waals surface area contributed by atoms with Crippen molar-refractivity contribution in [1.82, 2.24) is 25.0 Å². The maximum Gasteiger partial charge on any atom is 0.416 e. The van der Waals surface area contributed by atoms with Crippen molar-refractivity contribution in [2.75, 3.05) is 44.2 Å². The van der Waals surface area contributed by atoms with Gasteiger partial charge in [0.25, 0.3) is 0 Å². The van der Waals surface area contributed by atoms with E-state index in [1.807, 2.05) is 20.8 Å². The highest BCUT2D eigenvalue weighted by molar-refractivity contribution is 5.98. The number of aromatic amines is 1. The van der Waals surface area contributed by atoms with E-state index < -0.39 is 17.8 Å². The Hall–Kier alpha value is -2.88. The van der Waals surface area contributed by atoms with E-state index in [4.69, 9.17) is 9.84 Å². The van der Waals surface area contributed by atoms with Crippen LogP contribution in [0, 0.1) is 0 Å². The number of aromatic nitrogens is 3. The summed E-state index contributed by atoms with van der Waals surface area (Å²) in [6.07, 6.45) is 1.94. The second-order valence-electron chi connectivity index (χ2n) is 7.71. The van der Waals surface area contributed by atoms with E-state index >= 15 is 0 Å². The molecule has 0 atom stereocenters. The molecule has 1 saturated heterocycles. The Kier molecular flexibility index (Phi) is 5.68. The van der Waals surface area contributed by atoms with Crippen molar-refractivity contribution < 1.29 is 19.4 Å². The molecule has 10 heteroatoms. The molecule has 3 rings (SSSR count). The van der Waals surface area contributed by atoms with E-state index in [0.29, 0.717) is 45.1 Å². The van der Waals surface area contributed by atoms with Gasteiger partial charge in [-0.25, -0.2) is 9.59 Å². The van der Waals surface area contributed by atoms with Crippen molar-refractivity contribution in [2.45, 2.75) is 26.4 Å². The minimum Gasteiger partial charge on any atom is -0.465 e. The molecule has 2 amide bonds. The van der Waals surface area contributed by atoms with Crippen LogP contribution >= 0.6 is 0 Å². The van der Waals surface area contributed by atoms with Gasteiger partial charge in [-0.05, 0) is 26.8 Å². The van der Waals surface area contributed by atoms with E-state index in [1.165, 1.54) is 9.80 Å². The maximum atomic E-state index is 12.8. The quantitative estimate of drug-likeness (QED) is 0.820. The first-order valence-electron chi connectivity index (χ1n) is 9.23. The van der Waals surface area contributed by atoms with Crippen molar-refractivity contribution in [2.24, 2.45) is 0 Å². The number of carboxylic acid groups (broad SMARTS) is 1. The predicted octanol–water partition coefficient (Wildman–Crippen LogP) is 2.00. The number of H-pyrrole nitrogens is 1. The standard InChI is InChI=1S/C18H26N6O4/c1-18(2,3)28-17(27)24(15-13-4-5-19-12-14(13)20-21-15)11-8-22-6-9-23(10-7-22)16(25)26/h4-5,12H,6-11H2,1-3H3,(H,20,21)(H,25,26). The summed E-state index contributed by atoms with van der Waals surface area (Å²) < 4.78 is 5.57. The molecule has 28 heavy (non-hydrogen) atoms. The van der Waals surface area contributed by atoms with Gasteiger partial charge in [-0.15, -0.1) is 0 Å². The van der Waals surface area contributed by atoms with Crippen LogP contribution in [-0.4, -0.2) is 87.1 Å². The Balaban J connectivity index is 1.74. The summed E-state index contributed by atoms with van der Waals surface area (Å²) in [5.41, 5.74) is 0.108. The number of nitrogens with zero attached hydrogens (tertiary/aromatic N) is 5. The largest absolute Gasteiger partial charge is 0.465 e. The summed E-state index contributed by atoms with van der Waals surface area (Å²) >= 11 is 0. The number of carbonyl (C=O) groups is 2. The number of hydrogen-bond acceptors (Lipinski definition) is 6. The van der Waals surface area contributed by atoms with Crippen molar-refractivity contribution in [3.05, 3.63) is 18.5 Å². The first kappa shape index (κ1) is 19.9. The zero-order valence-corrected chi connectivity index (χ0v) is 16.4. The van der Waals surface area contributed by atoms with Gasteiger partial charge in [-0.1, -0.05) is 0 Å². The highest BCUT2D eigenvalue weighted by Crippen LogP contribution is 2.25. The van der Waals surface area contributed by atoms with Crippen LogP contribution in [0.1, 0.15) is 20.8 Å². The third-order valence-electron chi connectivity index (χ3n) is 4.50. The van der Waals surface area contributed by atoms with E-state index in [9.17, 15) is 9.59 Å². The molecule has 0 aliphatic carbocycles. The summed E-state index contributed by atoms with van der Waals surface area (Å²) in [4.78, 5) is 33.0. The zero-order chi connectivity index (χ0) is 20.3. The topological polar surface area (TPSA) is 115 Å². The number of anilines is 1. The normalized spacial score (nSPS) is 15.6. The molecule has 0 aromatic carbocycles. The Labute approximate surface area is 163 Å². The molecule has 2 N–H and O–H groups in total. The first-order chi connectivity index (χ1) is 13.2. The van der Waals surface area contributed by atoms with Crippen LogP contribution in [0.15, 0.2) is 18.5 Å². The van der Waals surface area contributed by atoms with Gasteiger partial charge < -0.3 is 14.7 Å². The molecular formula is C18H26N6O4. The molecule has 10 nitrogen and oxygen atoms in total. The summed E-state index contributed by atoms with van der Waals surface area (Å²) in [5.74, 6) is 0.496. The summed E-state index contributed by atoms with van der Waals surface area (Å²) in [6, 6.07) is 1.80. The van der Waals surface area contributed by atoms with Gasteiger partial charge in [0.15, 0.2) is 5.82 Å². The van der Waals surface area contributed by atoms with Crippen molar-refractivity contribution >= 4 is 28.9 Å². The van der Waals surface area contributed by atoms with Gasteiger partial charge in [0.2, 0.25) is 0 Å². The minimum atomic E-state index is -0.897. The predicted molar refractivity (Wildman–Crippen MR) is 104 cm³/mol. The number of ether oxygens (including phenoxy) is 1. The number of amides is 2. The molecule has 0 unspecified atom stereocenters. The van der Waals surface area contributed by atoms with Gasteiger partial charge in [-0.2, -0.15) is 5.10 Å². The minimum absolute atomic E-state index is 0.379. The fourth-order valence-corrected chi connectivity index (χ4v) is 3.06. The van der Waals surface area contributed by atoms with Crippen LogP contribution in [0.2, 0.25) is 0 Å². The monoisotopic (exact) mass is 390 g/mol. The molecular weight excluding hydrogens is 364 g/mol. The summed E-state index contributed by atoms with van der Waals surface area (Å²) in [7, 11) is 0. The second kappa shape index (κ2) is 8.01. The van der Waals surface area contributed by atoms with Crippen molar-refractivity contribution in [3.63, 3.8) is 0 Å². The van der Waals surface area contributed by atoms with Crippen LogP contribution in [0.5, 0.6) is 0 Å². The van der Waals surface area contributed by atoms with E-state index in [0.717, 1.165) is 10.9 Å². The lowest BCUT2D eigenvalue weighted by molar-refractivity contribution is 0.0572. The van der Waals surface area contributed by atoms with Crippen LogP contribution < -0.4 is 4.90 Å². The molecule has 1 aliphatic rings. The van der Waals surface area contributed by atoms with Gasteiger partial charge in [0.05, 0.1) is 11.7 Å². The Morgan fingerprint density at radius 3 is 2.64 bits per heavy atom. The fraction of sp³-hybridized carbons (Fsp3) is 0.556. The number of pyridine rings is 1. The number of hydrogen-bond donors (Lipinski definition) is 2. The number of fused-ring (bicyclic) bond motifs is 1. The molecule has 152 valence electrons. The van der Waals surface area contributed by atoms with Crippen LogP contribution in [0.25, 0.3) is 10.9 Å². The van der Waals surface area contributed by atoms with Crippen molar-refractivity contribution in [1.29, 1.82) is 0 Å². The molecule has 0 bridgehead atoms. The molecule has 0 saturated carbocycles. The SMILES string of the molecule is CC(C)(C)OC(=O)N(CCN1CCN(C(=O)O)CC1)c1n[nH]c2cnccc12. The molecule has 3 heterocycles. The van der Waals surface area contributed by atoms with Crippen molar-refractivity contribution in [3.8, 4) is 0 Å². The summed E-state index contributed by atoms with van der Waals surface area (Å²) in [6.45, 7) is 8.59. The number of carbonyl (C=O) groups excluding carboxylic acids is 1. The lowest BCUT2D eigenvalue weighted by Crippen LogP contribution is -2.50. The highest BCUT2D eigenvalue weighted by Gasteiger charge is 2.28. The molecule has 1 aliphatic heterocycles. The van der Waals surface area contributed by atoms with Gasteiger partial charge in [-0.3, -0.25) is 19.9 Å². The van der Waals surface area contributed by atoms with Gasteiger partial charge in [0, 0.05) is 50.9 Å². The third-order valence-corrected chi connectivity index (χ3v) is 4.50. The average molecular weight is 390 g/mol. The van der Waals surface area contributed by atoms with Gasteiger partial charge >= 0.3 is 12.2 Å². The smallest absolute Gasteiger partial charge is 0.416 e. The zero-order valence-electron chi connectivity index (χ0n) is 16.4. The van der Waals surface area contributed by atoms with Crippen LogP contribution in [0.3, 0.4) is 0 Å². The molecule has 2 aromatic rings. The highest BCUT2D eigenvalue weighted by atomic mass is 16.6. The first-order valence-corrected chi connectivity index (χ1v) is 9.23. The van der Waals surface area contributed by atoms with Crippen LogP contribution in [-0.2, 0) is 4.74 Å². The van der Waals surface area contributed by atoms with Crippen LogP contribution in [0.4, 0.5) is 15.4 Å². The molecule has 1 fully saturated rings. The summed E-state index contributed by atoms with van der Waals surface area (Å²) in [5, 5.41) is 17.1. The van der Waals surface area contributed by atoms with E-state index in [-0.39, 0.29) is 0 Å². The third kappa shape index (κ3) is 4.69. The number of nitrogens with one attached hydrogen (secondary N) is 1. The lowest BCUT2D eigenvalue weighted by atomic mass is 10.2. The molecule has 0 radical (unpaired) electrons. The Bertz CT molecular complexity index is 838. The Morgan fingerprint density at radius 1 is 1.29 bits per heavy atom. The number of piperazine rings is 1. The molecule has 2 aromatic heterocycles. The lowest BCUT2D eigenvalue weighted by Gasteiger charge is -2.34. The van der Waals surface area contributed by atoms with Gasteiger partial charge in [0.1, 0.15) is 5.60 Å². The fourth-order valence-electron chi connectivity index (χ4n) is 3.06.